The number of hydrogen-bond donors (Lipinski definition) is 4. The molecule has 0 aromatic heterocycles. The second-order valence-corrected chi connectivity index (χ2v) is 7.10. The van der Waals surface area contributed by atoms with E-state index in [1.54, 1.807) is 37.5 Å². The number of primary amides is 2. The van der Waals surface area contributed by atoms with Crippen molar-refractivity contribution in [1.29, 1.82) is 5.26 Å². The van der Waals surface area contributed by atoms with Crippen LogP contribution in [0.5, 0.6) is 23.0 Å². The Balaban J connectivity index is 0.000000518. The Morgan fingerprint density at radius 2 is 1.54 bits per heavy atom. The highest BCUT2D eigenvalue weighted by atomic mass is 16.5. The number of nitrogens with zero attached hydrogens (tertiary/aromatic N) is 1. The van der Waals surface area contributed by atoms with Crippen LogP contribution in [0.4, 0.5) is 5.69 Å². The number of ether oxygens (including phenoxy) is 4. The second kappa shape index (κ2) is 14.0. The second-order valence-electron chi connectivity index (χ2n) is 7.10. The molecule has 0 saturated carbocycles. The van der Waals surface area contributed by atoms with Crippen LogP contribution in [0.2, 0.25) is 0 Å². The van der Waals surface area contributed by atoms with Crippen molar-refractivity contribution in [3.63, 3.8) is 0 Å². The zero-order valence-electron chi connectivity index (χ0n) is 20.2. The van der Waals surface area contributed by atoms with Crippen molar-refractivity contribution in [2.45, 2.75) is 18.9 Å². The summed E-state index contributed by atoms with van der Waals surface area (Å²) in [6.07, 6.45) is 2.06. The first-order chi connectivity index (χ1) is 16.6. The molecule has 11 heteroatoms. The van der Waals surface area contributed by atoms with Crippen molar-refractivity contribution in [3.05, 3.63) is 41.5 Å². The molecular weight excluding hydrogens is 454 g/mol. The summed E-state index contributed by atoms with van der Waals surface area (Å²) in [7, 11) is 6.14. The van der Waals surface area contributed by atoms with Crippen molar-refractivity contribution in [3.8, 4) is 29.1 Å². The molecule has 0 spiro atoms. The number of carbonyl (C=O) groups excluding carboxylic acids is 2. The van der Waals surface area contributed by atoms with Gasteiger partial charge < -0.3 is 41.9 Å². The molecule has 2 rings (SSSR count). The largest absolute Gasteiger partial charge is 0.495 e. The number of hydrogen-bond acceptors (Lipinski definition) is 9. The highest BCUT2D eigenvalue weighted by Gasteiger charge is 2.15. The maximum Gasteiger partial charge on any atom is 0.234 e. The maximum absolute atomic E-state index is 10.3. The molecule has 0 aliphatic rings. The Labute approximate surface area is 204 Å². The van der Waals surface area contributed by atoms with Crippen molar-refractivity contribution in [2.75, 3.05) is 34.2 Å². The Bertz CT molecular complexity index is 1090. The summed E-state index contributed by atoms with van der Waals surface area (Å²) < 4.78 is 21.1. The molecule has 2 aromatic carbocycles. The SMILES string of the molecule is COc1ccc(C=C(C#N)c2cc(OC)c(OC)c(OC)c2)cc1N.NC(=O)CC[C@@H](N)C(N)=O. The van der Waals surface area contributed by atoms with E-state index in [9.17, 15) is 14.9 Å². The van der Waals surface area contributed by atoms with E-state index in [1.165, 1.54) is 21.3 Å². The predicted molar refractivity (Wildman–Crippen MR) is 133 cm³/mol. The fraction of sp³-hybridized carbons (Fsp3) is 0.292. The van der Waals surface area contributed by atoms with Crippen LogP contribution in [0.3, 0.4) is 0 Å². The van der Waals surface area contributed by atoms with E-state index in [1.807, 2.05) is 6.07 Å². The van der Waals surface area contributed by atoms with Gasteiger partial charge in [-0.3, -0.25) is 9.59 Å². The van der Waals surface area contributed by atoms with Crippen LogP contribution in [0, 0.1) is 11.3 Å². The van der Waals surface area contributed by atoms with Crippen molar-refractivity contribution < 1.29 is 28.5 Å². The zero-order chi connectivity index (χ0) is 26.5. The molecule has 0 bridgehead atoms. The van der Waals surface area contributed by atoms with Crippen LogP contribution in [-0.2, 0) is 9.59 Å². The normalized spacial score (nSPS) is 11.3. The van der Waals surface area contributed by atoms with Gasteiger partial charge in [-0.1, -0.05) is 6.07 Å². The van der Waals surface area contributed by atoms with Crippen LogP contribution >= 0.6 is 0 Å². The molecule has 0 unspecified atom stereocenters. The van der Waals surface area contributed by atoms with E-state index in [0.29, 0.717) is 39.8 Å². The van der Waals surface area contributed by atoms with E-state index < -0.39 is 17.9 Å². The summed E-state index contributed by atoms with van der Waals surface area (Å²) in [5, 5.41) is 9.58. The lowest BCUT2D eigenvalue weighted by molar-refractivity contribution is -0.120. The molecule has 2 amide bonds. The quantitative estimate of drug-likeness (QED) is 0.218. The molecule has 0 aliphatic heterocycles. The van der Waals surface area contributed by atoms with E-state index in [4.69, 9.17) is 41.9 Å². The highest BCUT2D eigenvalue weighted by molar-refractivity contribution is 5.91. The van der Waals surface area contributed by atoms with Gasteiger partial charge in [0.15, 0.2) is 11.5 Å². The topological polar surface area (TPSA) is 199 Å². The molecule has 1 atom stereocenters. The summed E-state index contributed by atoms with van der Waals surface area (Å²) in [6.45, 7) is 0. The smallest absolute Gasteiger partial charge is 0.234 e. The third-order valence-electron chi connectivity index (χ3n) is 4.73. The van der Waals surface area contributed by atoms with Crippen molar-refractivity contribution in [2.24, 2.45) is 17.2 Å². The average Bonchev–Trinajstić information content (AvgIpc) is 2.85. The number of nitrogens with two attached hydrogens (primary N) is 4. The van der Waals surface area contributed by atoms with Crippen molar-refractivity contribution >= 4 is 29.2 Å². The first kappa shape index (κ1) is 28.6. The number of rotatable bonds is 10. The van der Waals surface area contributed by atoms with E-state index >= 15 is 0 Å². The van der Waals surface area contributed by atoms with Gasteiger partial charge in [-0.2, -0.15) is 5.26 Å². The van der Waals surface area contributed by atoms with Crippen LogP contribution in [0.25, 0.3) is 11.6 Å². The number of carbonyl (C=O) groups is 2. The number of benzene rings is 2. The van der Waals surface area contributed by atoms with Gasteiger partial charge >= 0.3 is 0 Å². The van der Waals surface area contributed by atoms with Gasteiger partial charge in [-0.15, -0.1) is 0 Å². The molecule has 188 valence electrons. The predicted octanol–water partition coefficient (Wildman–Crippen LogP) is 1.43. The molecule has 0 radical (unpaired) electrons. The highest BCUT2D eigenvalue weighted by Crippen LogP contribution is 2.40. The molecule has 0 heterocycles. The Hall–Kier alpha value is -4.43. The van der Waals surface area contributed by atoms with E-state index in [-0.39, 0.29) is 12.8 Å². The Kier molecular flexibility index (Phi) is 11.4. The number of amides is 2. The minimum absolute atomic E-state index is 0.101. The summed E-state index contributed by atoms with van der Waals surface area (Å²) in [6, 6.07) is 10.2. The fourth-order valence-corrected chi connectivity index (χ4v) is 2.87. The lowest BCUT2D eigenvalue weighted by Gasteiger charge is -2.14. The molecule has 0 fully saturated rings. The molecule has 11 nitrogen and oxygen atoms in total. The summed E-state index contributed by atoms with van der Waals surface area (Å²) in [5.41, 5.74) is 23.1. The molecule has 2 aromatic rings. The summed E-state index contributed by atoms with van der Waals surface area (Å²) in [5.74, 6) is 0.931. The first-order valence-electron chi connectivity index (χ1n) is 10.3. The lowest BCUT2D eigenvalue weighted by atomic mass is 10.0. The molecule has 35 heavy (non-hydrogen) atoms. The lowest BCUT2D eigenvalue weighted by Crippen LogP contribution is -2.37. The van der Waals surface area contributed by atoms with Crippen LogP contribution in [0.15, 0.2) is 30.3 Å². The fourth-order valence-electron chi connectivity index (χ4n) is 2.87. The average molecular weight is 486 g/mol. The molecule has 0 saturated heterocycles. The maximum atomic E-state index is 10.3. The minimum atomic E-state index is -0.757. The minimum Gasteiger partial charge on any atom is -0.495 e. The summed E-state index contributed by atoms with van der Waals surface area (Å²) in [4.78, 5) is 20.4. The standard InChI is InChI=1S/C19H20N2O4.C5H11N3O2/c1-22-16-6-5-12(8-15(16)21)7-14(11-20)13-9-17(23-2)19(25-4)18(10-13)24-3;6-3(5(8)10)1-2-4(7)9/h5-10H,21H2,1-4H3;3H,1-2,6H2,(H2,7,9)(H2,8,10)/t;3-/m.1/s1. The summed E-state index contributed by atoms with van der Waals surface area (Å²) >= 11 is 0. The van der Waals surface area contributed by atoms with Crippen LogP contribution < -0.4 is 41.9 Å². The Morgan fingerprint density at radius 3 is 1.94 bits per heavy atom. The van der Waals surface area contributed by atoms with E-state index in [0.717, 1.165) is 5.56 Å². The van der Waals surface area contributed by atoms with Crippen LogP contribution in [0.1, 0.15) is 24.0 Å². The van der Waals surface area contributed by atoms with Gasteiger partial charge in [0.1, 0.15) is 5.75 Å². The monoisotopic (exact) mass is 485 g/mol. The first-order valence-corrected chi connectivity index (χ1v) is 10.3. The van der Waals surface area contributed by atoms with Gasteiger partial charge in [0.2, 0.25) is 17.6 Å². The third-order valence-corrected chi connectivity index (χ3v) is 4.73. The van der Waals surface area contributed by atoms with Crippen LogP contribution in [-0.4, -0.2) is 46.3 Å². The number of nitriles is 1. The molecule has 8 N–H and O–H groups in total. The number of methoxy groups -OCH3 is 4. The molecular formula is C24H31N5O6. The number of allylic oxidation sites excluding steroid dienone is 1. The van der Waals surface area contributed by atoms with Gasteiger partial charge in [0.25, 0.3) is 0 Å². The van der Waals surface area contributed by atoms with Gasteiger partial charge in [0, 0.05) is 6.42 Å². The zero-order valence-corrected chi connectivity index (χ0v) is 20.2. The number of nitrogen functional groups attached to an aromatic ring is 1. The van der Waals surface area contributed by atoms with E-state index in [2.05, 4.69) is 6.07 Å². The van der Waals surface area contributed by atoms with Gasteiger partial charge in [-0.05, 0) is 47.9 Å². The Morgan fingerprint density at radius 1 is 0.971 bits per heavy atom. The van der Waals surface area contributed by atoms with Gasteiger partial charge in [-0.25, -0.2) is 0 Å². The third kappa shape index (κ3) is 8.45. The van der Waals surface area contributed by atoms with Crippen molar-refractivity contribution in [1.82, 2.24) is 0 Å². The molecule has 0 aliphatic carbocycles. The number of anilines is 1. The van der Waals surface area contributed by atoms with Gasteiger partial charge in [0.05, 0.1) is 51.8 Å².